The minimum Gasteiger partial charge on any atom is -0.478 e. The molecule has 0 spiro atoms. The van der Waals surface area contributed by atoms with Crippen molar-refractivity contribution in [2.75, 3.05) is 13.2 Å². The molecule has 3 atom stereocenters. The Labute approximate surface area is 146 Å². The van der Waals surface area contributed by atoms with Gasteiger partial charge in [-0.05, 0) is 43.0 Å². The third kappa shape index (κ3) is 6.34. The molecule has 0 radical (unpaired) electrons. The van der Waals surface area contributed by atoms with E-state index in [1.807, 2.05) is 0 Å². The van der Waals surface area contributed by atoms with Crippen LogP contribution in [0.5, 0.6) is 5.75 Å². The summed E-state index contributed by atoms with van der Waals surface area (Å²) in [7, 11) is 0. The van der Waals surface area contributed by atoms with Crippen LogP contribution in [0.15, 0.2) is 24.3 Å². The summed E-state index contributed by atoms with van der Waals surface area (Å²) >= 11 is 0. The summed E-state index contributed by atoms with van der Waals surface area (Å²) in [4.78, 5) is 23.1. The molecule has 2 N–H and O–H groups in total. The standard InChI is InChI=1S/C18H24FNO5/c1-12-4-2-3-5-15(12)24-11-17(21)20-10-16(18(22)23)25-14-8-6-13(19)7-9-14/h6-9,12,15-16H,2-5,10-11H2,1H3,(H,20,21)(H,22,23). The number of halogens is 1. The SMILES string of the molecule is CC1CCCCC1OCC(=O)NCC(Oc1ccc(F)cc1)C(=O)O. The molecule has 6 nitrogen and oxygen atoms in total. The molecule has 1 saturated carbocycles. The van der Waals surface area contributed by atoms with Gasteiger partial charge in [0, 0.05) is 0 Å². The van der Waals surface area contributed by atoms with Crippen LogP contribution in [-0.4, -0.2) is 42.3 Å². The van der Waals surface area contributed by atoms with E-state index in [4.69, 9.17) is 9.47 Å². The fourth-order valence-corrected chi connectivity index (χ4v) is 2.83. The van der Waals surface area contributed by atoms with Crippen LogP contribution in [-0.2, 0) is 14.3 Å². The van der Waals surface area contributed by atoms with E-state index in [-0.39, 0.29) is 30.9 Å². The zero-order valence-corrected chi connectivity index (χ0v) is 14.2. The van der Waals surface area contributed by atoms with E-state index >= 15 is 0 Å². The minimum absolute atomic E-state index is 0.0743. The Morgan fingerprint density at radius 1 is 1.28 bits per heavy atom. The second-order valence-corrected chi connectivity index (χ2v) is 6.31. The molecule has 7 heteroatoms. The van der Waals surface area contributed by atoms with Crippen LogP contribution in [0.4, 0.5) is 4.39 Å². The quantitative estimate of drug-likeness (QED) is 0.749. The number of amides is 1. The summed E-state index contributed by atoms with van der Waals surface area (Å²) in [5, 5.41) is 11.7. The highest BCUT2D eigenvalue weighted by molar-refractivity contribution is 5.79. The van der Waals surface area contributed by atoms with Gasteiger partial charge in [0.1, 0.15) is 18.2 Å². The molecule has 1 aliphatic rings. The van der Waals surface area contributed by atoms with Crippen molar-refractivity contribution < 1.29 is 28.6 Å². The Bertz CT molecular complexity index is 577. The fraction of sp³-hybridized carbons (Fsp3) is 0.556. The molecule has 1 aromatic rings. The Morgan fingerprint density at radius 3 is 2.60 bits per heavy atom. The molecule has 2 rings (SSSR count). The van der Waals surface area contributed by atoms with Crippen LogP contribution in [0.25, 0.3) is 0 Å². The van der Waals surface area contributed by atoms with Gasteiger partial charge in [-0.15, -0.1) is 0 Å². The van der Waals surface area contributed by atoms with Crippen molar-refractivity contribution in [3.63, 3.8) is 0 Å². The molecule has 0 saturated heterocycles. The van der Waals surface area contributed by atoms with E-state index in [2.05, 4.69) is 12.2 Å². The number of carboxylic acid groups (broad SMARTS) is 1. The molecule has 0 aliphatic heterocycles. The predicted molar refractivity (Wildman–Crippen MR) is 88.8 cm³/mol. The zero-order valence-electron chi connectivity index (χ0n) is 14.2. The summed E-state index contributed by atoms with van der Waals surface area (Å²) in [6.07, 6.45) is 3.14. The first-order valence-corrected chi connectivity index (χ1v) is 8.49. The van der Waals surface area contributed by atoms with Gasteiger partial charge in [0.2, 0.25) is 12.0 Å². The summed E-state index contributed by atoms with van der Waals surface area (Å²) in [5.41, 5.74) is 0. The number of hydrogen-bond donors (Lipinski definition) is 2. The molecular formula is C18H24FNO5. The van der Waals surface area contributed by atoms with E-state index in [0.29, 0.717) is 5.92 Å². The second-order valence-electron chi connectivity index (χ2n) is 6.31. The topological polar surface area (TPSA) is 84.9 Å². The van der Waals surface area contributed by atoms with Crippen molar-refractivity contribution in [3.8, 4) is 5.75 Å². The van der Waals surface area contributed by atoms with Crippen LogP contribution in [0.2, 0.25) is 0 Å². The normalized spacial score (nSPS) is 21.4. The number of carboxylic acids is 1. The van der Waals surface area contributed by atoms with E-state index in [1.54, 1.807) is 0 Å². The third-order valence-electron chi connectivity index (χ3n) is 4.31. The highest BCUT2D eigenvalue weighted by Crippen LogP contribution is 2.26. The molecule has 1 fully saturated rings. The zero-order chi connectivity index (χ0) is 18.2. The Balaban J connectivity index is 1.76. The average molecular weight is 353 g/mol. The monoisotopic (exact) mass is 353 g/mol. The number of hydrogen-bond acceptors (Lipinski definition) is 4. The minimum atomic E-state index is -1.26. The van der Waals surface area contributed by atoms with Gasteiger partial charge in [0.15, 0.2) is 0 Å². The second kappa shape index (κ2) is 9.36. The molecule has 1 aliphatic carbocycles. The highest BCUT2D eigenvalue weighted by atomic mass is 19.1. The maximum Gasteiger partial charge on any atom is 0.346 e. The smallest absolute Gasteiger partial charge is 0.346 e. The first kappa shape index (κ1) is 19.2. The van der Waals surface area contributed by atoms with Crippen LogP contribution >= 0.6 is 0 Å². The van der Waals surface area contributed by atoms with Gasteiger partial charge in [-0.1, -0.05) is 19.8 Å². The van der Waals surface area contributed by atoms with E-state index in [0.717, 1.165) is 19.3 Å². The van der Waals surface area contributed by atoms with Crippen LogP contribution in [0, 0.1) is 11.7 Å². The van der Waals surface area contributed by atoms with Crippen LogP contribution in [0.3, 0.4) is 0 Å². The number of nitrogens with one attached hydrogen (secondary N) is 1. The maximum atomic E-state index is 12.9. The van der Waals surface area contributed by atoms with Crippen molar-refractivity contribution in [1.29, 1.82) is 0 Å². The largest absolute Gasteiger partial charge is 0.478 e. The van der Waals surface area contributed by atoms with Gasteiger partial charge in [-0.3, -0.25) is 4.79 Å². The Kier molecular flexibility index (Phi) is 7.18. The molecule has 25 heavy (non-hydrogen) atoms. The molecular weight excluding hydrogens is 329 g/mol. The summed E-state index contributed by atoms with van der Waals surface area (Å²) in [5.74, 6) is -1.40. The van der Waals surface area contributed by atoms with Crippen LogP contribution in [0.1, 0.15) is 32.6 Å². The van der Waals surface area contributed by atoms with Crippen molar-refractivity contribution >= 4 is 11.9 Å². The van der Waals surface area contributed by atoms with Crippen molar-refractivity contribution in [1.82, 2.24) is 5.32 Å². The first-order chi connectivity index (χ1) is 12.0. The molecule has 1 amide bonds. The molecule has 138 valence electrons. The fourth-order valence-electron chi connectivity index (χ4n) is 2.83. The predicted octanol–water partition coefficient (Wildman–Crippen LogP) is 2.37. The lowest BCUT2D eigenvalue weighted by molar-refractivity contribution is -0.145. The summed E-state index contributed by atoms with van der Waals surface area (Å²) < 4.78 is 23.8. The van der Waals surface area contributed by atoms with Crippen molar-refractivity contribution in [2.45, 2.75) is 44.8 Å². The van der Waals surface area contributed by atoms with Gasteiger partial charge < -0.3 is 19.9 Å². The molecule has 0 bridgehead atoms. The molecule has 0 aromatic heterocycles. The number of carbonyl (C=O) groups excluding carboxylic acids is 1. The van der Waals surface area contributed by atoms with Gasteiger partial charge in [0.25, 0.3) is 0 Å². The lowest BCUT2D eigenvalue weighted by Crippen LogP contribution is -2.42. The van der Waals surface area contributed by atoms with Gasteiger partial charge in [-0.25, -0.2) is 9.18 Å². The lowest BCUT2D eigenvalue weighted by Gasteiger charge is -2.28. The van der Waals surface area contributed by atoms with E-state index < -0.39 is 17.9 Å². The lowest BCUT2D eigenvalue weighted by atomic mass is 9.88. The Hall–Kier alpha value is -2.15. The summed E-state index contributed by atoms with van der Waals surface area (Å²) in [6.45, 7) is 1.81. The molecule has 0 heterocycles. The molecule has 3 unspecified atom stereocenters. The van der Waals surface area contributed by atoms with Crippen LogP contribution < -0.4 is 10.1 Å². The summed E-state index contributed by atoms with van der Waals surface area (Å²) in [6, 6.07) is 5.01. The number of carbonyl (C=O) groups is 2. The van der Waals surface area contributed by atoms with Gasteiger partial charge >= 0.3 is 5.97 Å². The maximum absolute atomic E-state index is 12.9. The van der Waals surface area contributed by atoms with E-state index in [1.165, 1.54) is 30.7 Å². The van der Waals surface area contributed by atoms with Gasteiger partial charge in [-0.2, -0.15) is 0 Å². The first-order valence-electron chi connectivity index (χ1n) is 8.49. The number of benzene rings is 1. The van der Waals surface area contributed by atoms with Crippen molar-refractivity contribution in [3.05, 3.63) is 30.1 Å². The average Bonchev–Trinajstić information content (AvgIpc) is 2.59. The Morgan fingerprint density at radius 2 is 1.96 bits per heavy atom. The van der Waals surface area contributed by atoms with Gasteiger partial charge in [0.05, 0.1) is 12.6 Å². The molecule has 1 aromatic carbocycles. The van der Waals surface area contributed by atoms with Crippen molar-refractivity contribution in [2.24, 2.45) is 5.92 Å². The number of ether oxygens (including phenoxy) is 2. The highest BCUT2D eigenvalue weighted by Gasteiger charge is 2.24. The third-order valence-corrected chi connectivity index (χ3v) is 4.31. The van der Waals surface area contributed by atoms with E-state index in [9.17, 15) is 19.1 Å². The number of rotatable bonds is 8. The number of aliphatic carboxylic acids is 1.